The minimum Gasteiger partial charge on any atom is -0.480 e. The van der Waals surface area contributed by atoms with Gasteiger partial charge in [-0.25, -0.2) is 4.79 Å². The Hall–Kier alpha value is -2.12. The fourth-order valence-corrected chi connectivity index (χ4v) is 1.66. The molecule has 0 aromatic heterocycles. The van der Waals surface area contributed by atoms with Crippen LogP contribution < -0.4 is 16.4 Å². The molecule has 0 aliphatic carbocycles. The summed E-state index contributed by atoms with van der Waals surface area (Å²) >= 11 is 0. The second-order valence-corrected chi connectivity index (χ2v) is 4.76. The molecule has 1 atom stereocenters. The van der Waals surface area contributed by atoms with Gasteiger partial charge >= 0.3 is 5.97 Å². The van der Waals surface area contributed by atoms with Crippen molar-refractivity contribution >= 4 is 23.7 Å². The van der Waals surface area contributed by atoms with Crippen LogP contribution in [0.3, 0.4) is 0 Å². The number of aliphatic carboxylic acids is 1. The molecule has 0 aromatic rings. The number of nitrogens with one attached hydrogen (secondary N) is 2. The molecule has 0 aliphatic rings. The predicted molar refractivity (Wildman–Crippen MR) is 75.1 cm³/mol. The highest BCUT2D eigenvalue weighted by Gasteiger charge is 2.20. The van der Waals surface area contributed by atoms with E-state index in [0.29, 0.717) is 13.0 Å². The average molecular weight is 301 g/mol. The molecule has 1 unspecified atom stereocenters. The number of carboxylic acids is 1. The summed E-state index contributed by atoms with van der Waals surface area (Å²) in [6.45, 7) is 2.00. The quantitative estimate of drug-likeness (QED) is 0.382. The normalized spacial score (nSPS) is 11.5. The van der Waals surface area contributed by atoms with E-state index in [-0.39, 0.29) is 31.1 Å². The van der Waals surface area contributed by atoms with Crippen molar-refractivity contribution in [2.24, 2.45) is 5.73 Å². The Morgan fingerprint density at radius 1 is 1.10 bits per heavy atom. The Labute approximate surface area is 123 Å². The lowest BCUT2D eigenvalue weighted by molar-refractivity contribution is -0.142. The molecule has 5 N–H and O–H groups in total. The Kier molecular flexibility index (Phi) is 9.57. The first-order valence-electron chi connectivity index (χ1n) is 6.88. The molecular weight excluding hydrogens is 278 g/mol. The van der Waals surface area contributed by atoms with Gasteiger partial charge < -0.3 is 21.5 Å². The highest BCUT2D eigenvalue weighted by Crippen LogP contribution is 2.02. The third-order valence-corrected chi connectivity index (χ3v) is 2.77. The molecule has 21 heavy (non-hydrogen) atoms. The molecule has 0 saturated heterocycles. The van der Waals surface area contributed by atoms with Crippen LogP contribution >= 0.6 is 0 Å². The lowest BCUT2D eigenvalue weighted by atomic mass is 10.1. The van der Waals surface area contributed by atoms with Gasteiger partial charge in [0.2, 0.25) is 17.7 Å². The van der Waals surface area contributed by atoms with Gasteiger partial charge in [-0.05, 0) is 19.3 Å². The number of nitrogens with two attached hydrogens (primary N) is 1. The Balaban J connectivity index is 3.85. The molecule has 0 heterocycles. The smallest absolute Gasteiger partial charge is 0.326 e. The van der Waals surface area contributed by atoms with E-state index in [0.717, 1.165) is 12.8 Å². The minimum absolute atomic E-state index is 0.0149. The largest absolute Gasteiger partial charge is 0.480 e. The van der Waals surface area contributed by atoms with Gasteiger partial charge in [-0.3, -0.25) is 14.4 Å². The lowest BCUT2D eigenvalue weighted by Crippen LogP contribution is -2.41. The number of hydrogen-bond donors (Lipinski definition) is 4. The number of primary amides is 1. The summed E-state index contributed by atoms with van der Waals surface area (Å²) in [6, 6.07) is -1.09. The third-order valence-electron chi connectivity index (χ3n) is 2.77. The van der Waals surface area contributed by atoms with Crippen LogP contribution in [-0.2, 0) is 19.2 Å². The van der Waals surface area contributed by atoms with Gasteiger partial charge in [0.1, 0.15) is 6.04 Å². The van der Waals surface area contributed by atoms with Crippen molar-refractivity contribution in [3.8, 4) is 0 Å². The average Bonchev–Trinajstić information content (AvgIpc) is 2.37. The maximum Gasteiger partial charge on any atom is 0.326 e. The van der Waals surface area contributed by atoms with Gasteiger partial charge in [0.25, 0.3) is 0 Å². The van der Waals surface area contributed by atoms with Crippen molar-refractivity contribution in [2.45, 2.75) is 51.5 Å². The number of carbonyl (C=O) groups excluding carboxylic acids is 3. The van der Waals surface area contributed by atoms with Gasteiger partial charge in [-0.1, -0.05) is 6.42 Å². The van der Waals surface area contributed by atoms with E-state index in [1.807, 2.05) is 0 Å². The highest BCUT2D eigenvalue weighted by atomic mass is 16.4. The van der Waals surface area contributed by atoms with Crippen LogP contribution in [0.15, 0.2) is 0 Å². The number of carbonyl (C=O) groups is 4. The summed E-state index contributed by atoms with van der Waals surface area (Å²) in [5.74, 6) is -2.25. The number of rotatable bonds is 11. The highest BCUT2D eigenvalue weighted by molar-refractivity contribution is 5.84. The van der Waals surface area contributed by atoms with E-state index in [1.54, 1.807) is 0 Å². The second-order valence-electron chi connectivity index (χ2n) is 4.76. The number of carboxylic acid groups (broad SMARTS) is 1. The van der Waals surface area contributed by atoms with E-state index in [2.05, 4.69) is 10.6 Å². The van der Waals surface area contributed by atoms with Gasteiger partial charge in [0, 0.05) is 26.3 Å². The SMILES string of the molecule is CC(=O)NCCCCCC(=O)NC(CCC(N)=O)C(=O)O. The number of amides is 3. The summed E-state index contributed by atoms with van der Waals surface area (Å²) in [5.41, 5.74) is 4.95. The van der Waals surface area contributed by atoms with E-state index < -0.39 is 17.9 Å². The fourth-order valence-electron chi connectivity index (χ4n) is 1.66. The van der Waals surface area contributed by atoms with Crippen molar-refractivity contribution in [2.75, 3.05) is 6.54 Å². The summed E-state index contributed by atoms with van der Waals surface area (Å²) in [7, 11) is 0. The molecule has 120 valence electrons. The first kappa shape index (κ1) is 18.9. The summed E-state index contributed by atoms with van der Waals surface area (Å²) in [4.78, 5) is 43.7. The van der Waals surface area contributed by atoms with E-state index in [9.17, 15) is 19.2 Å². The predicted octanol–water partition coefficient (Wildman–Crippen LogP) is -0.482. The molecule has 3 amide bonds. The Morgan fingerprint density at radius 3 is 2.29 bits per heavy atom. The second kappa shape index (κ2) is 10.6. The van der Waals surface area contributed by atoms with Crippen molar-refractivity contribution in [1.82, 2.24) is 10.6 Å². The number of hydrogen-bond acceptors (Lipinski definition) is 4. The summed E-state index contributed by atoms with van der Waals surface area (Å²) < 4.78 is 0. The molecule has 0 radical (unpaired) electrons. The van der Waals surface area contributed by atoms with Gasteiger partial charge in [-0.2, -0.15) is 0 Å². The zero-order valence-corrected chi connectivity index (χ0v) is 12.2. The van der Waals surface area contributed by atoms with Crippen LogP contribution in [-0.4, -0.2) is 41.4 Å². The van der Waals surface area contributed by atoms with E-state index >= 15 is 0 Å². The van der Waals surface area contributed by atoms with Crippen LogP contribution in [0.2, 0.25) is 0 Å². The van der Waals surface area contributed by atoms with Crippen LogP contribution in [0.25, 0.3) is 0 Å². The molecule has 0 rings (SSSR count). The molecule has 0 bridgehead atoms. The molecule has 8 nitrogen and oxygen atoms in total. The summed E-state index contributed by atoms with van der Waals surface area (Å²) in [5, 5.41) is 13.9. The van der Waals surface area contributed by atoms with Crippen molar-refractivity contribution in [1.29, 1.82) is 0 Å². The topological polar surface area (TPSA) is 139 Å². The number of unbranched alkanes of at least 4 members (excludes halogenated alkanes) is 2. The Morgan fingerprint density at radius 2 is 1.76 bits per heavy atom. The van der Waals surface area contributed by atoms with Gasteiger partial charge in [0.15, 0.2) is 0 Å². The molecule has 0 aliphatic heterocycles. The lowest BCUT2D eigenvalue weighted by Gasteiger charge is -2.13. The molecule has 0 aromatic carbocycles. The molecule has 0 saturated carbocycles. The molecule has 0 fully saturated rings. The first-order valence-corrected chi connectivity index (χ1v) is 6.88. The van der Waals surface area contributed by atoms with Crippen LogP contribution in [0, 0.1) is 0 Å². The van der Waals surface area contributed by atoms with Crippen LogP contribution in [0.4, 0.5) is 0 Å². The van der Waals surface area contributed by atoms with Crippen molar-refractivity contribution in [3.05, 3.63) is 0 Å². The van der Waals surface area contributed by atoms with Crippen LogP contribution in [0.5, 0.6) is 0 Å². The van der Waals surface area contributed by atoms with E-state index in [1.165, 1.54) is 6.92 Å². The third kappa shape index (κ3) is 11.4. The summed E-state index contributed by atoms with van der Waals surface area (Å²) in [6.07, 6.45) is 2.23. The minimum atomic E-state index is -1.18. The van der Waals surface area contributed by atoms with Crippen LogP contribution in [0.1, 0.15) is 45.4 Å². The molecular formula is C13H23N3O5. The molecule has 8 heteroatoms. The zero-order chi connectivity index (χ0) is 16.3. The van der Waals surface area contributed by atoms with Gasteiger partial charge in [-0.15, -0.1) is 0 Å². The Bertz CT molecular complexity index is 384. The van der Waals surface area contributed by atoms with E-state index in [4.69, 9.17) is 10.8 Å². The van der Waals surface area contributed by atoms with Crippen molar-refractivity contribution < 1.29 is 24.3 Å². The fraction of sp³-hybridized carbons (Fsp3) is 0.692. The van der Waals surface area contributed by atoms with Crippen molar-refractivity contribution in [3.63, 3.8) is 0 Å². The monoisotopic (exact) mass is 301 g/mol. The zero-order valence-electron chi connectivity index (χ0n) is 12.2. The first-order chi connectivity index (χ1) is 9.82. The maximum atomic E-state index is 11.6. The molecule has 0 spiro atoms. The standard InChI is InChI=1S/C13H23N3O5/c1-9(17)15-8-4-2-3-5-12(19)16-10(13(20)21)6-7-11(14)18/h10H,2-8H2,1H3,(H2,14,18)(H,15,17)(H,16,19)(H,20,21). The van der Waals surface area contributed by atoms with Gasteiger partial charge in [0.05, 0.1) is 0 Å². The maximum absolute atomic E-state index is 11.6.